The maximum Gasteiger partial charge on any atom is 0.407 e. The zero-order valence-corrected chi connectivity index (χ0v) is 10.9. The minimum atomic E-state index is -4.59. The van der Waals surface area contributed by atoms with Crippen molar-refractivity contribution in [1.82, 2.24) is 4.72 Å². The van der Waals surface area contributed by atoms with Crippen LogP contribution < -0.4 is 10.5 Å². The van der Waals surface area contributed by atoms with Gasteiger partial charge in [0.05, 0.1) is 4.90 Å². The van der Waals surface area contributed by atoms with E-state index in [2.05, 4.69) is 0 Å². The Hall–Kier alpha value is -1.28. The quantitative estimate of drug-likeness (QED) is 0.837. The van der Waals surface area contributed by atoms with E-state index in [9.17, 15) is 21.6 Å². The summed E-state index contributed by atoms with van der Waals surface area (Å²) in [6, 6.07) is 4.12. The third-order valence-electron chi connectivity index (χ3n) is 3.24. The molecule has 0 spiro atoms. The first-order valence-electron chi connectivity index (χ1n) is 5.55. The average molecular weight is 294 g/mol. The normalized spacial score (nSPS) is 18.3. The maximum atomic E-state index is 12.8. The Morgan fingerprint density at radius 3 is 2.37 bits per heavy atom. The fraction of sp³-hybridized carbons (Fsp3) is 0.455. The number of halogens is 3. The molecule has 0 aromatic heterocycles. The molecule has 3 N–H and O–H groups in total. The van der Waals surface area contributed by atoms with Crippen LogP contribution in [0.3, 0.4) is 0 Å². The summed E-state index contributed by atoms with van der Waals surface area (Å²) in [6.45, 7) is 1.46. The lowest BCUT2D eigenvalue weighted by Crippen LogP contribution is -2.47. The van der Waals surface area contributed by atoms with Crippen LogP contribution in [0.15, 0.2) is 23.1 Å². The van der Waals surface area contributed by atoms with Gasteiger partial charge in [-0.2, -0.15) is 17.9 Å². The standard InChI is InChI=1S/C11H13F3N2O2S/c1-7-8(15)3-2-4-9(7)19(17,18)16-10(5-6-10)11(12,13)14/h2-4,16H,5-6,15H2,1H3. The third kappa shape index (κ3) is 2.42. The summed E-state index contributed by atoms with van der Waals surface area (Å²) < 4.78 is 64.2. The van der Waals surface area contributed by atoms with Crippen molar-refractivity contribution >= 4 is 15.7 Å². The molecule has 8 heteroatoms. The molecule has 0 atom stereocenters. The van der Waals surface area contributed by atoms with Crippen LogP contribution in [-0.2, 0) is 10.0 Å². The van der Waals surface area contributed by atoms with Gasteiger partial charge in [-0.1, -0.05) is 6.07 Å². The predicted molar refractivity (Wildman–Crippen MR) is 63.9 cm³/mol. The minimum absolute atomic E-state index is 0.219. The molecule has 0 radical (unpaired) electrons. The Morgan fingerprint density at radius 1 is 1.32 bits per heavy atom. The van der Waals surface area contributed by atoms with Gasteiger partial charge in [0.15, 0.2) is 0 Å². The zero-order valence-electron chi connectivity index (χ0n) is 10.1. The van der Waals surface area contributed by atoms with Crippen molar-refractivity contribution in [3.63, 3.8) is 0 Å². The minimum Gasteiger partial charge on any atom is -0.398 e. The van der Waals surface area contributed by atoms with Crippen molar-refractivity contribution in [1.29, 1.82) is 0 Å². The predicted octanol–water partition coefficient (Wildman–Crippen LogP) is 1.95. The van der Waals surface area contributed by atoms with Gasteiger partial charge in [0.2, 0.25) is 10.0 Å². The van der Waals surface area contributed by atoms with E-state index in [0.717, 1.165) is 0 Å². The van der Waals surface area contributed by atoms with E-state index in [4.69, 9.17) is 5.73 Å². The summed E-state index contributed by atoms with van der Waals surface area (Å²) >= 11 is 0. The van der Waals surface area contributed by atoms with Gasteiger partial charge in [-0.25, -0.2) is 8.42 Å². The molecule has 2 rings (SSSR count). The van der Waals surface area contributed by atoms with Crippen LogP contribution in [0.1, 0.15) is 18.4 Å². The number of hydrogen-bond acceptors (Lipinski definition) is 3. The number of sulfonamides is 1. The van der Waals surface area contributed by atoms with Gasteiger partial charge < -0.3 is 5.73 Å². The third-order valence-corrected chi connectivity index (χ3v) is 4.92. The molecule has 1 aliphatic rings. The van der Waals surface area contributed by atoms with Gasteiger partial charge in [-0.15, -0.1) is 0 Å². The van der Waals surface area contributed by atoms with Crippen LogP contribution >= 0.6 is 0 Å². The van der Waals surface area contributed by atoms with Gasteiger partial charge in [0.1, 0.15) is 5.54 Å². The highest BCUT2D eigenvalue weighted by Gasteiger charge is 2.65. The van der Waals surface area contributed by atoms with Gasteiger partial charge in [-0.3, -0.25) is 0 Å². The smallest absolute Gasteiger partial charge is 0.398 e. The van der Waals surface area contributed by atoms with Crippen LogP contribution in [0, 0.1) is 6.92 Å². The summed E-state index contributed by atoms with van der Waals surface area (Å²) in [5.74, 6) is 0. The molecule has 0 aliphatic heterocycles. The molecule has 1 saturated carbocycles. The molecule has 0 bridgehead atoms. The van der Waals surface area contributed by atoms with Crippen molar-refractivity contribution in [2.45, 2.75) is 36.4 Å². The first-order chi connectivity index (χ1) is 8.59. The monoisotopic (exact) mass is 294 g/mol. The number of nitrogen functional groups attached to an aromatic ring is 1. The number of alkyl halides is 3. The molecule has 0 amide bonds. The Balaban J connectivity index is 2.37. The van der Waals surface area contributed by atoms with E-state index in [0.29, 0.717) is 0 Å². The molecule has 1 fully saturated rings. The van der Waals surface area contributed by atoms with Crippen molar-refractivity contribution in [3.05, 3.63) is 23.8 Å². The molecular weight excluding hydrogens is 281 g/mol. The second kappa shape index (κ2) is 4.11. The molecule has 19 heavy (non-hydrogen) atoms. The van der Waals surface area contributed by atoms with E-state index in [-0.39, 0.29) is 29.0 Å². The lowest BCUT2D eigenvalue weighted by atomic mass is 10.2. The second-order valence-corrected chi connectivity index (χ2v) is 6.31. The van der Waals surface area contributed by atoms with Crippen LogP contribution in [0.4, 0.5) is 18.9 Å². The first-order valence-corrected chi connectivity index (χ1v) is 7.03. The summed E-state index contributed by atoms with van der Waals surface area (Å²) in [6.07, 6.45) is -5.07. The van der Waals surface area contributed by atoms with Gasteiger partial charge in [0.25, 0.3) is 0 Å². The topological polar surface area (TPSA) is 72.2 Å². The number of rotatable bonds is 3. The summed E-state index contributed by atoms with van der Waals surface area (Å²) in [7, 11) is -4.24. The van der Waals surface area contributed by atoms with E-state index in [1.54, 1.807) is 4.72 Å². The van der Waals surface area contributed by atoms with Crippen molar-refractivity contribution in [2.24, 2.45) is 0 Å². The Labute approximate surface area is 108 Å². The van der Waals surface area contributed by atoms with Crippen molar-refractivity contribution in [2.75, 3.05) is 5.73 Å². The SMILES string of the molecule is Cc1c(N)cccc1S(=O)(=O)NC1(C(F)(F)F)CC1. The largest absolute Gasteiger partial charge is 0.407 e. The van der Waals surface area contributed by atoms with Crippen LogP contribution in [0.2, 0.25) is 0 Å². The fourth-order valence-electron chi connectivity index (χ4n) is 1.80. The van der Waals surface area contributed by atoms with Gasteiger partial charge >= 0.3 is 6.18 Å². The molecule has 1 aromatic rings. The van der Waals surface area contributed by atoms with E-state index in [1.807, 2.05) is 0 Å². The number of nitrogens with two attached hydrogens (primary N) is 1. The van der Waals surface area contributed by atoms with Crippen molar-refractivity contribution in [3.8, 4) is 0 Å². The molecule has 1 aromatic carbocycles. The van der Waals surface area contributed by atoms with Crippen LogP contribution in [-0.4, -0.2) is 20.1 Å². The lowest BCUT2D eigenvalue weighted by Gasteiger charge is -2.21. The Kier molecular flexibility index (Phi) is 3.06. The number of nitrogens with one attached hydrogen (secondary N) is 1. The molecule has 1 aliphatic carbocycles. The molecule has 0 saturated heterocycles. The Morgan fingerprint density at radius 2 is 1.89 bits per heavy atom. The molecular formula is C11H13F3N2O2S. The number of benzene rings is 1. The van der Waals surface area contributed by atoms with E-state index < -0.39 is 21.7 Å². The highest BCUT2D eigenvalue weighted by atomic mass is 32.2. The highest BCUT2D eigenvalue weighted by molar-refractivity contribution is 7.89. The fourth-order valence-corrected chi connectivity index (χ4v) is 3.53. The van der Waals surface area contributed by atoms with Crippen molar-refractivity contribution < 1.29 is 21.6 Å². The van der Waals surface area contributed by atoms with E-state index >= 15 is 0 Å². The number of hydrogen-bond donors (Lipinski definition) is 2. The Bertz CT molecular complexity index is 607. The number of anilines is 1. The van der Waals surface area contributed by atoms with E-state index in [1.165, 1.54) is 25.1 Å². The molecule has 0 heterocycles. The summed E-state index contributed by atoms with van der Waals surface area (Å²) in [4.78, 5) is -0.219. The average Bonchev–Trinajstić information content (AvgIpc) is 3.01. The van der Waals surface area contributed by atoms with Crippen LogP contribution in [0.5, 0.6) is 0 Å². The zero-order chi connectivity index (χ0) is 14.5. The summed E-state index contributed by atoms with van der Waals surface area (Å²) in [5.41, 5.74) is 3.72. The molecule has 106 valence electrons. The maximum absolute atomic E-state index is 12.8. The molecule has 0 unspecified atom stereocenters. The summed E-state index contributed by atoms with van der Waals surface area (Å²) in [5, 5.41) is 0. The second-order valence-electron chi connectivity index (χ2n) is 4.66. The molecule has 4 nitrogen and oxygen atoms in total. The highest BCUT2D eigenvalue weighted by Crippen LogP contribution is 2.49. The van der Waals surface area contributed by atoms with Gasteiger partial charge in [-0.05, 0) is 37.5 Å². The first kappa shape index (κ1) is 14.1. The van der Waals surface area contributed by atoms with Gasteiger partial charge in [0, 0.05) is 5.69 Å². The van der Waals surface area contributed by atoms with Crippen LogP contribution in [0.25, 0.3) is 0 Å². The lowest BCUT2D eigenvalue weighted by molar-refractivity contribution is -0.160.